The maximum atomic E-state index is 13.1. The molecule has 4 rings (SSSR count). The van der Waals surface area contributed by atoms with Gasteiger partial charge in [-0.2, -0.15) is 0 Å². The number of halogens is 1. The Hall–Kier alpha value is -1.70. The first-order valence-corrected chi connectivity index (χ1v) is 9.93. The van der Waals surface area contributed by atoms with Gasteiger partial charge < -0.3 is 19.3 Å². The van der Waals surface area contributed by atoms with Crippen molar-refractivity contribution in [1.29, 1.82) is 0 Å². The van der Waals surface area contributed by atoms with Gasteiger partial charge in [-0.05, 0) is 50.2 Å². The second-order valence-corrected chi connectivity index (χ2v) is 7.57. The van der Waals surface area contributed by atoms with E-state index in [1.807, 2.05) is 4.90 Å². The third-order valence-corrected chi connectivity index (χ3v) is 5.85. The average Bonchev–Trinajstić information content (AvgIpc) is 3.24. The number of hydrogen-bond donors (Lipinski definition) is 0. The molecule has 1 aromatic rings. The van der Waals surface area contributed by atoms with Gasteiger partial charge in [-0.25, -0.2) is 4.39 Å². The van der Waals surface area contributed by atoms with Gasteiger partial charge in [0.05, 0.1) is 19.8 Å². The molecule has 27 heavy (non-hydrogen) atoms. The highest BCUT2D eigenvalue weighted by Gasteiger charge is 2.31. The molecule has 0 unspecified atom stereocenters. The minimum absolute atomic E-state index is 0.0395. The summed E-state index contributed by atoms with van der Waals surface area (Å²) in [6.07, 6.45) is 2.01. The van der Waals surface area contributed by atoms with Crippen LogP contribution < -0.4 is 4.90 Å². The number of carbonyl (C=O) groups excluding carboxylic acids is 1. The number of carbonyl (C=O) groups is 1. The molecule has 0 N–H and O–H groups in total. The van der Waals surface area contributed by atoms with Gasteiger partial charge in [-0.15, -0.1) is 0 Å². The van der Waals surface area contributed by atoms with E-state index in [2.05, 4.69) is 9.80 Å². The second kappa shape index (κ2) is 8.54. The molecule has 3 fully saturated rings. The fourth-order valence-corrected chi connectivity index (χ4v) is 4.19. The SMILES string of the molecule is O=C(CN1CCC(C2OCCO2)CC1)N1CCN(c2ccc(F)cc2)CC1. The molecule has 0 atom stereocenters. The van der Waals surface area contributed by atoms with Crippen LogP contribution in [0.3, 0.4) is 0 Å². The molecule has 1 aromatic carbocycles. The smallest absolute Gasteiger partial charge is 0.236 e. The predicted octanol–water partition coefficient (Wildman–Crippen LogP) is 1.56. The first-order valence-electron chi connectivity index (χ1n) is 9.93. The summed E-state index contributed by atoms with van der Waals surface area (Å²) in [7, 11) is 0. The molecule has 0 aromatic heterocycles. The first kappa shape index (κ1) is 18.7. The zero-order chi connectivity index (χ0) is 18.6. The van der Waals surface area contributed by atoms with Gasteiger partial charge in [0, 0.05) is 37.8 Å². The van der Waals surface area contributed by atoms with Crippen LogP contribution in [-0.2, 0) is 14.3 Å². The van der Waals surface area contributed by atoms with Crippen LogP contribution in [-0.4, -0.2) is 81.0 Å². The molecular formula is C20H28FN3O3. The molecule has 3 aliphatic heterocycles. The van der Waals surface area contributed by atoms with E-state index in [0.29, 0.717) is 25.7 Å². The number of anilines is 1. The molecule has 3 saturated heterocycles. The van der Waals surface area contributed by atoms with Gasteiger partial charge in [0.2, 0.25) is 5.91 Å². The van der Waals surface area contributed by atoms with Crippen molar-refractivity contribution in [3.8, 4) is 0 Å². The first-order chi connectivity index (χ1) is 13.2. The Balaban J connectivity index is 1.20. The van der Waals surface area contributed by atoms with Gasteiger partial charge in [-0.1, -0.05) is 0 Å². The number of hydrogen-bond acceptors (Lipinski definition) is 5. The van der Waals surface area contributed by atoms with E-state index in [1.54, 1.807) is 12.1 Å². The van der Waals surface area contributed by atoms with Crippen LogP contribution >= 0.6 is 0 Å². The Bertz CT molecular complexity index is 620. The molecule has 6 nitrogen and oxygen atoms in total. The summed E-state index contributed by atoms with van der Waals surface area (Å²) in [6, 6.07) is 6.57. The van der Waals surface area contributed by atoms with Crippen LogP contribution in [0.5, 0.6) is 0 Å². The Morgan fingerprint density at radius 3 is 2.22 bits per heavy atom. The van der Waals surface area contributed by atoms with Crippen LogP contribution in [0.1, 0.15) is 12.8 Å². The van der Waals surface area contributed by atoms with Crippen LogP contribution in [0.25, 0.3) is 0 Å². The summed E-state index contributed by atoms with van der Waals surface area (Å²) < 4.78 is 24.3. The lowest BCUT2D eigenvalue weighted by molar-refractivity contribution is -0.134. The van der Waals surface area contributed by atoms with E-state index in [0.717, 1.165) is 57.8 Å². The molecule has 0 saturated carbocycles. The largest absolute Gasteiger partial charge is 0.368 e. The predicted molar refractivity (Wildman–Crippen MR) is 100 cm³/mol. The van der Waals surface area contributed by atoms with Crippen molar-refractivity contribution in [3.63, 3.8) is 0 Å². The highest BCUT2D eigenvalue weighted by molar-refractivity contribution is 5.78. The Labute approximate surface area is 159 Å². The van der Waals surface area contributed by atoms with Crippen molar-refractivity contribution in [2.75, 3.05) is 63.9 Å². The van der Waals surface area contributed by atoms with E-state index >= 15 is 0 Å². The van der Waals surface area contributed by atoms with Crippen LogP contribution in [0.2, 0.25) is 0 Å². The van der Waals surface area contributed by atoms with Gasteiger partial charge in [-0.3, -0.25) is 9.69 Å². The Morgan fingerprint density at radius 2 is 1.59 bits per heavy atom. The Morgan fingerprint density at radius 1 is 0.963 bits per heavy atom. The summed E-state index contributed by atoms with van der Waals surface area (Å²) in [4.78, 5) is 19.1. The van der Waals surface area contributed by atoms with Crippen molar-refractivity contribution >= 4 is 11.6 Å². The lowest BCUT2D eigenvalue weighted by Gasteiger charge is -2.38. The van der Waals surface area contributed by atoms with E-state index in [9.17, 15) is 9.18 Å². The molecule has 1 amide bonds. The number of piperidine rings is 1. The normalized spacial score (nSPS) is 23.1. The number of likely N-dealkylation sites (tertiary alicyclic amines) is 1. The minimum atomic E-state index is -0.220. The molecule has 0 aliphatic carbocycles. The van der Waals surface area contributed by atoms with E-state index in [4.69, 9.17) is 9.47 Å². The van der Waals surface area contributed by atoms with Gasteiger partial charge in [0.1, 0.15) is 5.82 Å². The second-order valence-electron chi connectivity index (χ2n) is 7.57. The van der Waals surface area contributed by atoms with E-state index in [1.165, 1.54) is 12.1 Å². The zero-order valence-electron chi connectivity index (χ0n) is 15.7. The minimum Gasteiger partial charge on any atom is -0.368 e. The highest BCUT2D eigenvalue weighted by atomic mass is 19.1. The standard InChI is InChI=1S/C20H28FN3O3/c21-17-1-3-18(4-2-17)23-9-11-24(12-10-23)19(25)15-22-7-5-16(6-8-22)20-26-13-14-27-20/h1-4,16,20H,5-15H2. The van der Waals surface area contributed by atoms with E-state index in [-0.39, 0.29) is 18.0 Å². The Kier molecular flexibility index (Phi) is 5.90. The third-order valence-electron chi connectivity index (χ3n) is 5.85. The van der Waals surface area contributed by atoms with Gasteiger partial charge in [0.25, 0.3) is 0 Å². The summed E-state index contributed by atoms with van der Waals surface area (Å²) >= 11 is 0. The van der Waals surface area contributed by atoms with Crippen molar-refractivity contribution in [3.05, 3.63) is 30.1 Å². The summed E-state index contributed by atoms with van der Waals surface area (Å²) in [6.45, 7) is 6.76. The molecule has 7 heteroatoms. The van der Waals surface area contributed by atoms with Crippen molar-refractivity contribution in [1.82, 2.24) is 9.80 Å². The molecule has 0 bridgehead atoms. The topological polar surface area (TPSA) is 45.3 Å². The maximum absolute atomic E-state index is 13.1. The van der Waals surface area contributed by atoms with Crippen molar-refractivity contribution in [2.45, 2.75) is 19.1 Å². The summed E-state index contributed by atoms with van der Waals surface area (Å²) in [5, 5.41) is 0. The lowest BCUT2D eigenvalue weighted by atomic mass is 9.96. The lowest BCUT2D eigenvalue weighted by Crippen LogP contribution is -2.52. The monoisotopic (exact) mass is 377 g/mol. The molecule has 0 spiro atoms. The number of rotatable bonds is 4. The molecule has 3 heterocycles. The number of nitrogens with zero attached hydrogens (tertiary/aromatic N) is 3. The van der Waals surface area contributed by atoms with Crippen molar-refractivity contribution < 1.29 is 18.7 Å². The van der Waals surface area contributed by atoms with Gasteiger partial charge in [0.15, 0.2) is 6.29 Å². The maximum Gasteiger partial charge on any atom is 0.236 e. The quantitative estimate of drug-likeness (QED) is 0.797. The summed E-state index contributed by atoms with van der Waals surface area (Å²) in [5.74, 6) is 0.445. The van der Waals surface area contributed by atoms with Crippen LogP contribution in [0, 0.1) is 11.7 Å². The number of ether oxygens (including phenoxy) is 2. The number of benzene rings is 1. The van der Waals surface area contributed by atoms with E-state index < -0.39 is 0 Å². The molecular weight excluding hydrogens is 349 g/mol. The molecule has 148 valence electrons. The number of piperazine rings is 1. The third kappa shape index (κ3) is 4.59. The molecule has 0 radical (unpaired) electrons. The number of amides is 1. The fourth-order valence-electron chi connectivity index (χ4n) is 4.19. The van der Waals surface area contributed by atoms with Crippen LogP contribution in [0.4, 0.5) is 10.1 Å². The highest BCUT2D eigenvalue weighted by Crippen LogP contribution is 2.25. The molecule has 3 aliphatic rings. The zero-order valence-corrected chi connectivity index (χ0v) is 15.7. The average molecular weight is 377 g/mol. The van der Waals surface area contributed by atoms with Crippen molar-refractivity contribution in [2.24, 2.45) is 5.92 Å². The van der Waals surface area contributed by atoms with Crippen LogP contribution in [0.15, 0.2) is 24.3 Å². The summed E-state index contributed by atoms with van der Waals surface area (Å²) in [5.41, 5.74) is 1.02. The fraction of sp³-hybridized carbons (Fsp3) is 0.650. The van der Waals surface area contributed by atoms with Gasteiger partial charge >= 0.3 is 0 Å².